The van der Waals surface area contributed by atoms with Crippen molar-refractivity contribution in [3.8, 4) is 0 Å². The van der Waals surface area contributed by atoms with Crippen molar-refractivity contribution in [1.82, 2.24) is 4.90 Å². The molecular formula is C33H32N4O11S. The lowest BCUT2D eigenvalue weighted by molar-refractivity contribution is -0.385. The zero-order valence-corrected chi connectivity index (χ0v) is 27.0. The van der Waals surface area contributed by atoms with Gasteiger partial charge < -0.3 is 20.1 Å². The predicted octanol–water partition coefficient (Wildman–Crippen LogP) is 4.70. The first kappa shape index (κ1) is 34.9. The van der Waals surface area contributed by atoms with Gasteiger partial charge in [-0.15, -0.1) is 0 Å². The number of fused-ring (bicyclic) bond motifs is 1. The number of likely N-dealkylation sites (tertiary alicyclic amines) is 1. The fourth-order valence-corrected chi connectivity index (χ4v) is 6.36. The molecule has 0 bridgehead atoms. The zero-order valence-electron chi connectivity index (χ0n) is 26.2. The summed E-state index contributed by atoms with van der Waals surface area (Å²) >= 11 is 0. The summed E-state index contributed by atoms with van der Waals surface area (Å²) in [4.78, 5) is 48.5. The summed E-state index contributed by atoms with van der Waals surface area (Å²) in [5.74, 6) is -0.699. The van der Waals surface area contributed by atoms with Gasteiger partial charge in [0.1, 0.15) is 19.3 Å². The third kappa shape index (κ3) is 8.72. The molecule has 256 valence electrons. The highest BCUT2D eigenvalue weighted by Crippen LogP contribution is 2.32. The van der Waals surface area contributed by atoms with Crippen LogP contribution in [0.25, 0.3) is 10.8 Å². The number of ether oxygens (including phenoxy) is 2. The first-order chi connectivity index (χ1) is 23.3. The van der Waals surface area contributed by atoms with Crippen LogP contribution in [0.4, 0.5) is 16.2 Å². The van der Waals surface area contributed by atoms with E-state index in [9.17, 15) is 38.2 Å². The Bertz CT molecular complexity index is 1990. The van der Waals surface area contributed by atoms with Crippen LogP contribution in [-0.2, 0) is 48.2 Å². The van der Waals surface area contributed by atoms with E-state index in [0.29, 0.717) is 22.1 Å². The second-order valence-electron chi connectivity index (χ2n) is 11.5. The molecule has 0 spiro atoms. The van der Waals surface area contributed by atoms with Crippen LogP contribution in [-0.4, -0.2) is 60.2 Å². The number of carbonyl (C=O) groups excluding carboxylic acids is 2. The van der Waals surface area contributed by atoms with E-state index >= 15 is 0 Å². The summed E-state index contributed by atoms with van der Waals surface area (Å²) in [5.41, 5.74) is 8.54. The van der Waals surface area contributed by atoms with Crippen LogP contribution in [0, 0.1) is 20.2 Å². The van der Waals surface area contributed by atoms with Gasteiger partial charge in [0.2, 0.25) is 0 Å². The van der Waals surface area contributed by atoms with Gasteiger partial charge in [0.15, 0.2) is 0 Å². The average molecular weight is 693 g/mol. The van der Waals surface area contributed by atoms with Crippen LogP contribution in [0.2, 0.25) is 0 Å². The molecule has 0 radical (unpaired) electrons. The number of hydrogen-bond donors (Lipinski definition) is 1. The number of nitrogens with zero attached hydrogens (tertiary/aromatic N) is 3. The molecule has 1 aliphatic heterocycles. The quantitative estimate of drug-likeness (QED) is 0.0927. The van der Waals surface area contributed by atoms with Crippen molar-refractivity contribution in [3.05, 3.63) is 127 Å². The summed E-state index contributed by atoms with van der Waals surface area (Å²) in [7, 11) is -3.82. The van der Waals surface area contributed by atoms with Crippen molar-refractivity contribution in [2.24, 2.45) is 5.73 Å². The number of hydrogen-bond acceptors (Lipinski definition) is 12. The van der Waals surface area contributed by atoms with Crippen LogP contribution < -0.4 is 5.73 Å². The molecule has 0 saturated carbocycles. The molecule has 16 heteroatoms. The van der Waals surface area contributed by atoms with Crippen LogP contribution in [0.5, 0.6) is 0 Å². The van der Waals surface area contributed by atoms with Gasteiger partial charge in [-0.1, -0.05) is 36.4 Å². The first-order valence-electron chi connectivity index (χ1n) is 15.0. The van der Waals surface area contributed by atoms with E-state index in [2.05, 4.69) is 0 Å². The number of non-ortho nitro benzene ring substituents is 2. The Kier molecular flexibility index (Phi) is 10.5. The van der Waals surface area contributed by atoms with E-state index in [0.717, 1.165) is 17.2 Å². The van der Waals surface area contributed by atoms with Crippen molar-refractivity contribution >= 4 is 44.3 Å². The van der Waals surface area contributed by atoms with Gasteiger partial charge in [0.05, 0.1) is 28.8 Å². The number of amides is 1. The van der Waals surface area contributed by atoms with E-state index in [-0.39, 0.29) is 44.0 Å². The molecule has 5 rings (SSSR count). The third-order valence-electron chi connectivity index (χ3n) is 8.05. The molecule has 1 unspecified atom stereocenters. The minimum atomic E-state index is -3.82. The molecule has 0 aromatic heterocycles. The summed E-state index contributed by atoms with van der Waals surface area (Å²) < 4.78 is 40.0. The number of benzene rings is 4. The Morgan fingerprint density at radius 2 is 1.41 bits per heavy atom. The highest BCUT2D eigenvalue weighted by Gasteiger charge is 2.39. The number of nitro benzene ring substituents is 2. The molecule has 0 aliphatic carbocycles. The number of nitrogens with two attached hydrogens (primary N) is 1. The molecule has 1 amide bonds. The maximum atomic E-state index is 13.3. The fourth-order valence-electron chi connectivity index (χ4n) is 5.72. The molecule has 4 aromatic rings. The number of esters is 1. The largest absolute Gasteiger partial charge is 0.459 e. The topological polar surface area (TPSA) is 212 Å². The van der Waals surface area contributed by atoms with E-state index in [1.54, 1.807) is 24.3 Å². The standard InChI is InChI=1S/C33H32N4O11S/c1-49(44,45)48-27-17-26(35(18-27)33(39)47-20-22-8-13-25(14-9-22)37(42)43)16-23-10-15-30(29-5-3-2-4-28(23)29)31(34)32(38)46-19-21-6-11-24(12-7-21)36(40)41/h2-15,26-27,31H,16-20,34H2,1H3/t26-,27-,31?/m1/s1. The highest BCUT2D eigenvalue weighted by atomic mass is 32.2. The summed E-state index contributed by atoms with van der Waals surface area (Å²) in [6, 6.07) is 20.2. The summed E-state index contributed by atoms with van der Waals surface area (Å²) in [6.07, 6.45) is -0.0939. The lowest BCUT2D eigenvalue weighted by Gasteiger charge is -2.25. The normalized spacial score (nSPS) is 16.7. The monoisotopic (exact) mass is 692 g/mol. The van der Waals surface area contributed by atoms with Crippen LogP contribution >= 0.6 is 0 Å². The van der Waals surface area contributed by atoms with Crippen molar-refractivity contribution in [3.63, 3.8) is 0 Å². The van der Waals surface area contributed by atoms with Crippen molar-refractivity contribution in [2.45, 2.75) is 44.2 Å². The number of nitro groups is 2. The maximum Gasteiger partial charge on any atom is 0.410 e. The van der Waals surface area contributed by atoms with Gasteiger partial charge >= 0.3 is 12.1 Å². The fraction of sp³-hybridized carbons (Fsp3) is 0.273. The minimum Gasteiger partial charge on any atom is -0.459 e. The number of rotatable bonds is 12. The highest BCUT2D eigenvalue weighted by molar-refractivity contribution is 7.86. The Hall–Kier alpha value is -5.45. The molecule has 49 heavy (non-hydrogen) atoms. The molecule has 4 aromatic carbocycles. The Morgan fingerprint density at radius 3 is 1.96 bits per heavy atom. The molecule has 15 nitrogen and oxygen atoms in total. The third-order valence-corrected chi connectivity index (χ3v) is 8.67. The SMILES string of the molecule is CS(=O)(=O)O[C@@H]1C[C@@H](Cc2ccc(C(N)C(=O)OCc3ccc([N+](=O)[O-])cc3)c3ccccc23)N(C(=O)OCc2ccc([N+](=O)[O-])cc2)C1. The lowest BCUT2D eigenvalue weighted by atomic mass is 9.92. The van der Waals surface area contributed by atoms with Crippen molar-refractivity contribution < 1.29 is 41.5 Å². The van der Waals surface area contributed by atoms with Gasteiger partial charge in [0, 0.05) is 30.3 Å². The van der Waals surface area contributed by atoms with Gasteiger partial charge in [-0.2, -0.15) is 8.42 Å². The summed E-state index contributed by atoms with van der Waals surface area (Å²) in [6.45, 7) is -0.332. The van der Waals surface area contributed by atoms with Gasteiger partial charge in [-0.25, -0.2) is 9.59 Å². The van der Waals surface area contributed by atoms with E-state index < -0.39 is 50.2 Å². The Balaban J connectivity index is 1.32. The van der Waals surface area contributed by atoms with Crippen LogP contribution in [0.15, 0.2) is 84.9 Å². The molecule has 3 atom stereocenters. The van der Waals surface area contributed by atoms with Crippen LogP contribution in [0.1, 0.15) is 34.7 Å². The predicted molar refractivity (Wildman–Crippen MR) is 176 cm³/mol. The van der Waals surface area contributed by atoms with Gasteiger partial charge in [-0.05, 0) is 70.1 Å². The van der Waals surface area contributed by atoms with Gasteiger partial charge in [0.25, 0.3) is 21.5 Å². The molecule has 1 heterocycles. The Labute approximate surface area is 280 Å². The number of carbonyl (C=O) groups is 2. The zero-order chi connectivity index (χ0) is 35.3. The van der Waals surface area contributed by atoms with Crippen molar-refractivity contribution in [1.29, 1.82) is 0 Å². The second kappa shape index (κ2) is 14.8. The maximum absolute atomic E-state index is 13.3. The van der Waals surface area contributed by atoms with E-state index in [1.807, 2.05) is 12.1 Å². The molecular weight excluding hydrogens is 660 g/mol. The van der Waals surface area contributed by atoms with E-state index in [1.165, 1.54) is 53.4 Å². The van der Waals surface area contributed by atoms with Gasteiger partial charge in [-0.3, -0.25) is 24.4 Å². The molecule has 2 N–H and O–H groups in total. The lowest BCUT2D eigenvalue weighted by Crippen LogP contribution is -2.37. The Morgan fingerprint density at radius 1 is 0.857 bits per heavy atom. The first-order valence-corrected chi connectivity index (χ1v) is 16.8. The van der Waals surface area contributed by atoms with Crippen LogP contribution in [0.3, 0.4) is 0 Å². The smallest absolute Gasteiger partial charge is 0.410 e. The van der Waals surface area contributed by atoms with Crippen molar-refractivity contribution in [2.75, 3.05) is 12.8 Å². The second-order valence-corrected chi connectivity index (χ2v) is 13.1. The molecule has 1 fully saturated rings. The minimum absolute atomic E-state index is 0.0433. The van der Waals surface area contributed by atoms with E-state index in [4.69, 9.17) is 19.4 Å². The average Bonchev–Trinajstić information content (AvgIpc) is 3.46. The molecule has 1 aliphatic rings. The summed E-state index contributed by atoms with van der Waals surface area (Å²) in [5, 5.41) is 23.3. The molecule has 1 saturated heterocycles.